The van der Waals surface area contributed by atoms with Gasteiger partial charge >= 0.3 is 0 Å². The van der Waals surface area contributed by atoms with Crippen molar-refractivity contribution in [1.29, 1.82) is 0 Å². The van der Waals surface area contributed by atoms with Gasteiger partial charge in [-0.2, -0.15) is 0 Å². The molecule has 2 N–H and O–H groups in total. The van der Waals surface area contributed by atoms with Crippen LogP contribution in [0.25, 0.3) is 0 Å². The minimum absolute atomic E-state index is 0.0653. The van der Waals surface area contributed by atoms with E-state index in [1.807, 2.05) is 16.3 Å². The first-order chi connectivity index (χ1) is 16.6. The molecule has 0 bridgehead atoms. The molecular formula is C25H33N5O3S. The average molecular weight is 484 g/mol. The summed E-state index contributed by atoms with van der Waals surface area (Å²) in [6.45, 7) is 5.72. The Morgan fingerprint density at radius 3 is 1.91 bits per heavy atom. The summed E-state index contributed by atoms with van der Waals surface area (Å²) >= 11 is 1.39. The SMILES string of the molecule is O=C(CN1CCN(CC(=O)N2CCCCCC2)CC1)Nc1ccc(NC(=O)c2cccs2)cc1. The predicted octanol–water partition coefficient (Wildman–Crippen LogP) is 2.96. The van der Waals surface area contributed by atoms with E-state index in [-0.39, 0.29) is 17.7 Å². The van der Waals surface area contributed by atoms with Crippen molar-refractivity contribution in [1.82, 2.24) is 14.7 Å². The first-order valence-electron chi connectivity index (χ1n) is 12.0. The van der Waals surface area contributed by atoms with Gasteiger partial charge in [-0.3, -0.25) is 24.2 Å². The largest absolute Gasteiger partial charge is 0.342 e. The number of piperazine rings is 1. The number of nitrogens with zero attached hydrogens (tertiary/aromatic N) is 3. The number of benzene rings is 1. The Labute approximate surface area is 204 Å². The molecule has 2 saturated heterocycles. The molecule has 2 fully saturated rings. The highest BCUT2D eigenvalue weighted by Crippen LogP contribution is 2.17. The third-order valence-electron chi connectivity index (χ3n) is 6.32. The molecule has 0 radical (unpaired) electrons. The molecule has 2 aliphatic rings. The van der Waals surface area contributed by atoms with E-state index in [1.54, 1.807) is 30.3 Å². The molecule has 2 aromatic rings. The number of carbonyl (C=O) groups is 3. The summed E-state index contributed by atoms with van der Waals surface area (Å²) < 4.78 is 0. The number of hydrogen-bond acceptors (Lipinski definition) is 6. The van der Waals surface area contributed by atoms with E-state index in [4.69, 9.17) is 0 Å². The van der Waals surface area contributed by atoms with Crippen LogP contribution < -0.4 is 10.6 Å². The van der Waals surface area contributed by atoms with Crippen LogP contribution in [0.5, 0.6) is 0 Å². The van der Waals surface area contributed by atoms with Gasteiger partial charge in [0.2, 0.25) is 11.8 Å². The Balaban J connectivity index is 1.16. The fraction of sp³-hybridized carbons (Fsp3) is 0.480. The number of hydrogen-bond donors (Lipinski definition) is 2. The number of thiophene rings is 1. The van der Waals surface area contributed by atoms with Crippen LogP contribution in [0.2, 0.25) is 0 Å². The Kier molecular flexibility index (Phi) is 8.67. The highest BCUT2D eigenvalue weighted by atomic mass is 32.1. The monoisotopic (exact) mass is 483 g/mol. The van der Waals surface area contributed by atoms with Crippen molar-refractivity contribution >= 4 is 40.4 Å². The maximum atomic E-state index is 12.6. The smallest absolute Gasteiger partial charge is 0.265 e. The summed E-state index contributed by atoms with van der Waals surface area (Å²) in [5, 5.41) is 7.64. The van der Waals surface area contributed by atoms with Crippen LogP contribution in [0.1, 0.15) is 35.4 Å². The van der Waals surface area contributed by atoms with Crippen LogP contribution in [0.3, 0.4) is 0 Å². The van der Waals surface area contributed by atoms with Crippen molar-refractivity contribution in [2.24, 2.45) is 0 Å². The summed E-state index contributed by atoms with van der Waals surface area (Å²) in [7, 11) is 0. The van der Waals surface area contributed by atoms with Gasteiger partial charge in [0.25, 0.3) is 5.91 Å². The first kappa shape index (κ1) is 24.4. The second kappa shape index (κ2) is 12.1. The van der Waals surface area contributed by atoms with Crippen molar-refractivity contribution < 1.29 is 14.4 Å². The Hall–Kier alpha value is -2.75. The van der Waals surface area contributed by atoms with Gasteiger partial charge in [-0.15, -0.1) is 11.3 Å². The molecule has 3 heterocycles. The maximum absolute atomic E-state index is 12.6. The minimum Gasteiger partial charge on any atom is -0.342 e. The van der Waals surface area contributed by atoms with Gasteiger partial charge in [0.05, 0.1) is 18.0 Å². The van der Waals surface area contributed by atoms with Crippen LogP contribution in [0.4, 0.5) is 11.4 Å². The zero-order valence-corrected chi connectivity index (χ0v) is 20.3. The van der Waals surface area contributed by atoms with Crippen LogP contribution >= 0.6 is 11.3 Å². The van der Waals surface area contributed by atoms with Crippen molar-refractivity contribution in [2.75, 3.05) is 63.0 Å². The fourth-order valence-corrected chi connectivity index (χ4v) is 4.98. The lowest BCUT2D eigenvalue weighted by Crippen LogP contribution is -2.51. The summed E-state index contributed by atoms with van der Waals surface area (Å²) in [5.41, 5.74) is 1.38. The van der Waals surface area contributed by atoms with E-state index in [2.05, 4.69) is 20.4 Å². The lowest BCUT2D eigenvalue weighted by Gasteiger charge is -2.35. The standard InChI is InChI=1S/C25H33N5O3S/c31-23(26-20-7-9-21(10-8-20)27-25(33)22-6-5-17-34-22)18-28-13-15-29(16-14-28)19-24(32)30-11-3-1-2-4-12-30/h5-10,17H,1-4,11-16,18-19H2,(H,26,31)(H,27,33). The lowest BCUT2D eigenvalue weighted by molar-refractivity contribution is -0.133. The zero-order valence-electron chi connectivity index (χ0n) is 19.5. The van der Waals surface area contributed by atoms with Crippen molar-refractivity contribution in [3.05, 3.63) is 46.7 Å². The molecule has 3 amide bonds. The van der Waals surface area contributed by atoms with Gasteiger partial charge in [-0.05, 0) is 48.6 Å². The molecular weight excluding hydrogens is 450 g/mol. The third-order valence-corrected chi connectivity index (χ3v) is 7.19. The predicted molar refractivity (Wildman–Crippen MR) is 135 cm³/mol. The molecule has 0 unspecified atom stereocenters. The third kappa shape index (κ3) is 7.12. The molecule has 0 saturated carbocycles. The Bertz CT molecular complexity index is 947. The second-order valence-electron chi connectivity index (χ2n) is 8.90. The molecule has 0 spiro atoms. The number of likely N-dealkylation sites (tertiary alicyclic amines) is 1. The van der Waals surface area contributed by atoms with Gasteiger partial charge in [0, 0.05) is 50.6 Å². The first-order valence-corrected chi connectivity index (χ1v) is 12.9. The topological polar surface area (TPSA) is 85.0 Å². The van der Waals surface area contributed by atoms with Crippen molar-refractivity contribution in [3.63, 3.8) is 0 Å². The van der Waals surface area contributed by atoms with Gasteiger partial charge in [0.15, 0.2) is 0 Å². The summed E-state index contributed by atoms with van der Waals surface area (Å²) in [4.78, 5) is 44.2. The van der Waals surface area contributed by atoms with Crippen LogP contribution in [0.15, 0.2) is 41.8 Å². The lowest BCUT2D eigenvalue weighted by atomic mass is 10.2. The van der Waals surface area contributed by atoms with E-state index in [0.29, 0.717) is 29.3 Å². The molecule has 8 nitrogen and oxygen atoms in total. The fourth-order valence-electron chi connectivity index (χ4n) is 4.36. The van der Waals surface area contributed by atoms with Gasteiger partial charge in [0.1, 0.15) is 0 Å². The van der Waals surface area contributed by atoms with Crippen LogP contribution in [-0.4, -0.2) is 84.8 Å². The van der Waals surface area contributed by atoms with E-state index in [1.165, 1.54) is 24.2 Å². The maximum Gasteiger partial charge on any atom is 0.265 e. The van der Waals surface area contributed by atoms with Crippen molar-refractivity contribution in [2.45, 2.75) is 25.7 Å². The van der Waals surface area contributed by atoms with E-state index in [0.717, 1.165) is 52.1 Å². The van der Waals surface area contributed by atoms with Gasteiger partial charge in [-0.25, -0.2) is 0 Å². The molecule has 4 rings (SSSR count). The molecule has 0 atom stereocenters. The minimum atomic E-state index is -0.140. The number of amides is 3. The molecule has 0 aliphatic carbocycles. The average Bonchev–Trinajstić information content (AvgIpc) is 3.24. The Morgan fingerprint density at radius 1 is 0.735 bits per heavy atom. The van der Waals surface area contributed by atoms with Crippen LogP contribution in [-0.2, 0) is 9.59 Å². The van der Waals surface area contributed by atoms with Gasteiger partial charge in [-0.1, -0.05) is 18.9 Å². The highest BCUT2D eigenvalue weighted by Gasteiger charge is 2.23. The second-order valence-corrected chi connectivity index (χ2v) is 9.85. The van der Waals surface area contributed by atoms with Gasteiger partial charge < -0.3 is 15.5 Å². The number of rotatable bonds is 7. The molecule has 9 heteroatoms. The zero-order chi connectivity index (χ0) is 23.8. The quantitative estimate of drug-likeness (QED) is 0.633. The number of carbonyl (C=O) groups excluding carboxylic acids is 3. The van der Waals surface area contributed by atoms with Crippen LogP contribution in [0, 0.1) is 0 Å². The summed E-state index contributed by atoms with van der Waals surface area (Å²) in [6.07, 6.45) is 4.67. The van der Waals surface area contributed by atoms with E-state index in [9.17, 15) is 14.4 Å². The summed E-state index contributed by atoms with van der Waals surface area (Å²) in [6, 6.07) is 10.8. The molecule has 1 aromatic heterocycles. The molecule has 182 valence electrons. The number of nitrogens with one attached hydrogen (secondary N) is 2. The molecule has 1 aromatic carbocycles. The van der Waals surface area contributed by atoms with E-state index < -0.39 is 0 Å². The van der Waals surface area contributed by atoms with E-state index >= 15 is 0 Å². The molecule has 2 aliphatic heterocycles. The van der Waals surface area contributed by atoms with Crippen molar-refractivity contribution in [3.8, 4) is 0 Å². The molecule has 34 heavy (non-hydrogen) atoms. The normalized spacial score (nSPS) is 17.7. The summed E-state index contributed by atoms with van der Waals surface area (Å²) in [5.74, 6) is 0.0339. The number of anilines is 2. The highest BCUT2D eigenvalue weighted by molar-refractivity contribution is 7.12. The Morgan fingerprint density at radius 2 is 1.32 bits per heavy atom.